The first-order chi connectivity index (χ1) is 14.7. The van der Waals surface area contributed by atoms with E-state index in [4.69, 9.17) is 18.3 Å². The van der Waals surface area contributed by atoms with Gasteiger partial charge in [0.2, 0.25) is 11.7 Å². The first kappa shape index (κ1) is 20.3. The molecule has 0 N–H and O–H groups in total. The van der Waals surface area contributed by atoms with Gasteiger partial charge in [0.25, 0.3) is 5.89 Å². The van der Waals surface area contributed by atoms with Crippen LogP contribution in [0.1, 0.15) is 49.4 Å². The molecule has 1 fully saturated rings. The van der Waals surface area contributed by atoms with Crippen LogP contribution in [0.5, 0.6) is 0 Å². The summed E-state index contributed by atoms with van der Waals surface area (Å²) in [4.78, 5) is 8.42. The zero-order valence-electron chi connectivity index (χ0n) is 16.5. The molecule has 0 unspecified atom stereocenters. The smallest absolute Gasteiger partial charge is 0.255 e. The molecule has 0 amide bonds. The predicted octanol–water partition coefficient (Wildman–Crippen LogP) is 4.73. The Morgan fingerprint density at radius 3 is 2.53 bits per heavy atom. The number of aryl methyl sites for hydroxylation is 1. The van der Waals surface area contributed by atoms with Crippen LogP contribution < -0.4 is 0 Å². The molecule has 2 aromatic heterocycles. The van der Waals surface area contributed by atoms with Crippen LogP contribution in [-0.2, 0) is 21.7 Å². The fraction of sp³-hybridized carbons (Fsp3) is 0.409. The summed E-state index contributed by atoms with van der Waals surface area (Å²) < 4.78 is 35.8. The third-order valence-electron chi connectivity index (χ3n) is 5.07. The minimum Gasteiger partial charge on any atom is -0.444 e. The number of benzene rings is 1. The molecule has 4 rings (SSSR count). The van der Waals surface area contributed by atoms with Crippen LogP contribution in [0.25, 0.3) is 11.5 Å². The van der Waals surface area contributed by atoms with Crippen molar-refractivity contribution in [2.45, 2.75) is 44.3 Å². The molecule has 0 atom stereocenters. The van der Waals surface area contributed by atoms with Crippen LogP contribution in [0, 0.1) is 17.1 Å². The maximum atomic E-state index is 13.1. The van der Waals surface area contributed by atoms with Crippen molar-refractivity contribution in [2.24, 2.45) is 0 Å². The van der Waals surface area contributed by atoms with E-state index >= 15 is 0 Å². The van der Waals surface area contributed by atoms with E-state index < -0.39 is 5.79 Å². The monoisotopic (exact) mass is 411 g/mol. The Bertz CT molecular complexity index is 987. The SMILES string of the molecule is N#Cc1nc(-c2ccc(F)cc2)oc1CCCCCCC1(c2ncco2)OCCO1. The highest BCUT2D eigenvalue weighted by Gasteiger charge is 2.42. The molecule has 0 spiro atoms. The molecular weight excluding hydrogens is 389 g/mol. The van der Waals surface area contributed by atoms with E-state index in [0.29, 0.717) is 49.2 Å². The molecule has 3 heterocycles. The fourth-order valence-corrected chi connectivity index (χ4v) is 3.56. The molecule has 30 heavy (non-hydrogen) atoms. The van der Waals surface area contributed by atoms with Crippen LogP contribution in [0.4, 0.5) is 4.39 Å². The number of hydrogen-bond donors (Lipinski definition) is 0. The number of ether oxygens (including phenoxy) is 2. The predicted molar refractivity (Wildman–Crippen MR) is 103 cm³/mol. The Labute approximate surface area is 173 Å². The number of nitriles is 1. The third-order valence-corrected chi connectivity index (χ3v) is 5.07. The van der Waals surface area contributed by atoms with Gasteiger partial charge in [0.05, 0.1) is 19.4 Å². The van der Waals surface area contributed by atoms with Crippen molar-refractivity contribution in [1.82, 2.24) is 9.97 Å². The van der Waals surface area contributed by atoms with E-state index in [1.165, 1.54) is 18.4 Å². The van der Waals surface area contributed by atoms with E-state index in [-0.39, 0.29) is 11.5 Å². The van der Waals surface area contributed by atoms with Gasteiger partial charge in [0.1, 0.15) is 23.9 Å². The molecule has 0 aliphatic carbocycles. The summed E-state index contributed by atoms with van der Waals surface area (Å²) in [5.41, 5.74) is 0.928. The molecule has 3 aromatic rings. The van der Waals surface area contributed by atoms with E-state index in [9.17, 15) is 9.65 Å². The molecule has 0 radical (unpaired) electrons. The maximum Gasteiger partial charge on any atom is 0.255 e. The van der Waals surface area contributed by atoms with Crippen molar-refractivity contribution in [3.63, 3.8) is 0 Å². The van der Waals surface area contributed by atoms with E-state index in [0.717, 1.165) is 25.7 Å². The standard InChI is InChI=1S/C22H22FN3O4/c23-17-8-6-16(7-9-17)20-26-18(15-24)19(30-20)5-3-1-2-4-10-22(28-13-14-29-22)21-25-11-12-27-21/h6-9,11-12H,1-5,10,13-14H2. The van der Waals surface area contributed by atoms with Crippen molar-refractivity contribution in [2.75, 3.05) is 13.2 Å². The van der Waals surface area contributed by atoms with Crippen LogP contribution in [0.3, 0.4) is 0 Å². The van der Waals surface area contributed by atoms with Crippen LogP contribution in [-0.4, -0.2) is 23.2 Å². The summed E-state index contributed by atoms with van der Waals surface area (Å²) >= 11 is 0. The van der Waals surface area contributed by atoms with E-state index in [1.54, 1.807) is 18.3 Å². The number of unbranched alkanes of at least 4 members (excludes halogenated alkanes) is 3. The first-order valence-electron chi connectivity index (χ1n) is 10.0. The van der Waals surface area contributed by atoms with Gasteiger partial charge in [-0.1, -0.05) is 12.8 Å². The van der Waals surface area contributed by atoms with Gasteiger partial charge in [0.15, 0.2) is 5.69 Å². The average molecular weight is 411 g/mol. The summed E-state index contributed by atoms with van der Waals surface area (Å²) in [7, 11) is 0. The minimum atomic E-state index is -0.869. The summed E-state index contributed by atoms with van der Waals surface area (Å²) in [6, 6.07) is 7.93. The van der Waals surface area contributed by atoms with Gasteiger partial charge in [0, 0.05) is 18.4 Å². The second-order valence-electron chi connectivity index (χ2n) is 7.11. The van der Waals surface area contributed by atoms with Crippen molar-refractivity contribution >= 4 is 0 Å². The zero-order chi connectivity index (χ0) is 20.8. The topological polar surface area (TPSA) is 94.3 Å². The molecule has 1 saturated heterocycles. The quantitative estimate of drug-likeness (QED) is 0.470. The lowest BCUT2D eigenvalue weighted by Gasteiger charge is -2.23. The summed E-state index contributed by atoms with van der Waals surface area (Å²) in [6.07, 6.45) is 8.09. The number of hydrogen-bond acceptors (Lipinski definition) is 7. The summed E-state index contributed by atoms with van der Waals surface area (Å²) in [5, 5.41) is 9.33. The molecular formula is C22H22FN3O4. The second-order valence-corrected chi connectivity index (χ2v) is 7.11. The van der Waals surface area contributed by atoms with Gasteiger partial charge in [-0.15, -0.1) is 0 Å². The number of nitrogens with zero attached hydrogens (tertiary/aromatic N) is 3. The minimum absolute atomic E-state index is 0.282. The van der Waals surface area contributed by atoms with Gasteiger partial charge < -0.3 is 18.3 Å². The van der Waals surface area contributed by atoms with Gasteiger partial charge in [-0.25, -0.2) is 9.37 Å². The highest BCUT2D eigenvalue weighted by atomic mass is 19.1. The Balaban J connectivity index is 1.27. The Kier molecular flexibility index (Phi) is 6.21. The normalized spacial score (nSPS) is 15.3. The molecule has 7 nitrogen and oxygen atoms in total. The van der Waals surface area contributed by atoms with Crippen molar-refractivity contribution < 1.29 is 22.7 Å². The zero-order valence-corrected chi connectivity index (χ0v) is 16.5. The third kappa shape index (κ3) is 4.42. The number of aromatic nitrogens is 2. The number of halogens is 1. The first-order valence-corrected chi connectivity index (χ1v) is 10.0. The lowest BCUT2D eigenvalue weighted by atomic mass is 10.0. The highest BCUT2D eigenvalue weighted by molar-refractivity contribution is 5.54. The van der Waals surface area contributed by atoms with Gasteiger partial charge in [-0.2, -0.15) is 10.2 Å². The van der Waals surface area contributed by atoms with Gasteiger partial charge >= 0.3 is 0 Å². The molecule has 1 aliphatic heterocycles. The van der Waals surface area contributed by atoms with E-state index in [1.807, 2.05) is 0 Å². The largest absolute Gasteiger partial charge is 0.444 e. The Morgan fingerprint density at radius 2 is 1.83 bits per heavy atom. The van der Waals surface area contributed by atoms with Crippen LogP contribution >= 0.6 is 0 Å². The van der Waals surface area contributed by atoms with Crippen molar-refractivity contribution in [1.29, 1.82) is 5.26 Å². The van der Waals surface area contributed by atoms with Crippen LogP contribution in [0.2, 0.25) is 0 Å². The maximum absolute atomic E-state index is 13.1. The van der Waals surface area contributed by atoms with Crippen molar-refractivity contribution in [3.05, 3.63) is 59.9 Å². The Morgan fingerprint density at radius 1 is 1.07 bits per heavy atom. The molecule has 1 aromatic carbocycles. The van der Waals surface area contributed by atoms with E-state index in [2.05, 4.69) is 16.0 Å². The fourth-order valence-electron chi connectivity index (χ4n) is 3.56. The van der Waals surface area contributed by atoms with Crippen molar-refractivity contribution in [3.8, 4) is 17.5 Å². The lowest BCUT2D eigenvalue weighted by molar-refractivity contribution is -0.187. The molecule has 1 aliphatic rings. The highest BCUT2D eigenvalue weighted by Crippen LogP contribution is 2.35. The number of rotatable bonds is 9. The lowest BCUT2D eigenvalue weighted by Crippen LogP contribution is -2.27. The molecule has 0 bridgehead atoms. The molecule has 156 valence electrons. The summed E-state index contributed by atoms with van der Waals surface area (Å²) in [5.74, 6) is 0.171. The number of oxazole rings is 2. The van der Waals surface area contributed by atoms with Gasteiger partial charge in [-0.3, -0.25) is 0 Å². The average Bonchev–Trinajstić information content (AvgIpc) is 3.52. The second kappa shape index (κ2) is 9.20. The molecule has 0 saturated carbocycles. The van der Waals surface area contributed by atoms with Crippen LogP contribution in [0.15, 0.2) is 45.6 Å². The molecule has 8 heteroatoms. The van der Waals surface area contributed by atoms with Gasteiger partial charge in [-0.05, 0) is 37.1 Å². The Hall–Kier alpha value is -3.02. The summed E-state index contributed by atoms with van der Waals surface area (Å²) in [6.45, 7) is 1.06.